The summed E-state index contributed by atoms with van der Waals surface area (Å²) < 4.78 is 4.49. The Labute approximate surface area is 109 Å². The summed E-state index contributed by atoms with van der Waals surface area (Å²) in [6.07, 6.45) is -1.84. The van der Waals surface area contributed by atoms with Crippen molar-refractivity contribution in [2.75, 3.05) is 0 Å². The average Bonchev–Trinajstić information content (AvgIpc) is 2.54. The van der Waals surface area contributed by atoms with Crippen LogP contribution < -0.4 is 5.32 Å². The molecule has 0 amide bonds. The summed E-state index contributed by atoms with van der Waals surface area (Å²) in [4.78, 5) is 10.6. The second kappa shape index (κ2) is 4.70. The molecule has 1 aliphatic rings. The number of nitrogens with one attached hydrogen (secondary N) is 1. The second-order valence-electron chi connectivity index (χ2n) is 4.62. The van der Waals surface area contributed by atoms with Crippen molar-refractivity contribution in [2.24, 2.45) is 0 Å². The Balaban J connectivity index is 2.14. The van der Waals surface area contributed by atoms with Crippen molar-refractivity contribution < 1.29 is 19.7 Å². The van der Waals surface area contributed by atoms with Crippen molar-refractivity contribution >= 4 is 17.9 Å². The van der Waals surface area contributed by atoms with Gasteiger partial charge in [0.25, 0.3) is 0 Å². The fourth-order valence-electron chi connectivity index (χ4n) is 1.83. The van der Waals surface area contributed by atoms with E-state index in [1.165, 1.54) is 0 Å². The number of carbonyl (C=O) groups is 1. The van der Waals surface area contributed by atoms with Crippen LogP contribution in [0.3, 0.4) is 0 Å². The van der Waals surface area contributed by atoms with E-state index < -0.39 is 12.4 Å². The number of phenolic OH excluding ortho intramolecular Hbond substituents is 1. The Morgan fingerprint density at radius 1 is 1.39 bits per heavy atom. The zero-order chi connectivity index (χ0) is 13.3. The topological polar surface area (TPSA) is 78.8 Å². The summed E-state index contributed by atoms with van der Waals surface area (Å²) >= 11 is 1.60. The number of rotatable bonds is 2. The van der Waals surface area contributed by atoms with Crippen LogP contribution in [0.1, 0.15) is 24.8 Å². The maximum atomic E-state index is 10.6. The SMILES string of the molecule is CC1(C)SC(c2ccc(O)cc2)N[C@H]1OC(=O)O. The molecule has 1 heterocycles. The van der Waals surface area contributed by atoms with Gasteiger partial charge in [-0.15, -0.1) is 11.8 Å². The molecule has 1 aromatic carbocycles. The van der Waals surface area contributed by atoms with E-state index in [9.17, 15) is 9.90 Å². The van der Waals surface area contributed by atoms with E-state index in [0.29, 0.717) is 0 Å². The molecule has 1 aliphatic heterocycles. The van der Waals surface area contributed by atoms with Gasteiger partial charge in [0.2, 0.25) is 0 Å². The lowest BCUT2D eigenvalue weighted by molar-refractivity contribution is 0.0274. The molecular weight excluding hydrogens is 254 g/mol. The molecule has 1 aromatic rings. The van der Waals surface area contributed by atoms with Gasteiger partial charge in [0.1, 0.15) is 5.75 Å². The molecule has 18 heavy (non-hydrogen) atoms. The van der Waals surface area contributed by atoms with Crippen LogP contribution >= 0.6 is 11.8 Å². The molecule has 3 N–H and O–H groups in total. The van der Waals surface area contributed by atoms with Crippen molar-refractivity contribution in [3.8, 4) is 5.75 Å². The van der Waals surface area contributed by atoms with Gasteiger partial charge in [0.15, 0.2) is 6.23 Å². The van der Waals surface area contributed by atoms with E-state index >= 15 is 0 Å². The normalized spacial score (nSPS) is 25.9. The van der Waals surface area contributed by atoms with Gasteiger partial charge >= 0.3 is 6.16 Å². The molecular formula is C12H15NO4S. The Morgan fingerprint density at radius 3 is 2.56 bits per heavy atom. The molecule has 2 atom stereocenters. The van der Waals surface area contributed by atoms with Crippen LogP contribution in [-0.4, -0.2) is 27.3 Å². The molecule has 5 nitrogen and oxygen atoms in total. The zero-order valence-corrected chi connectivity index (χ0v) is 10.9. The molecule has 0 aliphatic carbocycles. The molecule has 0 aromatic heterocycles. The number of hydrogen-bond acceptors (Lipinski definition) is 5. The molecule has 0 radical (unpaired) electrons. The first-order valence-electron chi connectivity index (χ1n) is 5.51. The summed E-state index contributed by atoms with van der Waals surface area (Å²) in [7, 11) is 0. The van der Waals surface area contributed by atoms with Gasteiger partial charge in [-0.2, -0.15) is 0 Å². The van der Waals surface area contributed by atoms with Crippen LogP contribution in [0.15, 0.2) is 24.3 Å². The minimum atomic E-state index is -1.28. The summed E-state index contributed by atoms with van der Waals surface area (Å²) in [5, 5.41) is 21.0. The highest BCUT2D eigenvalue weighted by atomic mass is 32.2. The molecule has 98 valence electrons. The van der Waals surface area contributed by atoms with Gasteiger partial charge in [-0.05, 0) is 31.5 Å². The van der Waals surface area contributed by atoms with Crippen molar-refractivity contribution in [2.45, 2.75) is 30.2 Å². The molecule has 0 saturated carbocycles. The smallest absolute Gasteiger partial charge is 0.507 e. The fraction of sp³-hybridized carbons (Fsp3) is 0.417. The summed E-state index contributed by atoms with van der Waals surface area (Å²) in [6.45, 7) is 3.86. The summed E-state index contributed by atoms with van der Waals surface area (Å²) in [6, 6.07) is 6.82. The third kappa shape index (κ3) is 2.70. The maximum absolute atomic E-state index is 10.6. The Bertz CT molecular complexity index is 446. The molecule has 1 fully saturated rings. The van der Waals surface area contributed by atoms with E-state index in [-0.39, 0.29) is 15.9 Å². The third-order valence-corrected chi connectivity index (χ3v) is 4.24. The summed E-state index contributed by atoms with van der Waals surface area (Å²) in [5.74, 6) is 0.208. The van der Waals surface area contributed by atoms with Crippen molar-refractivity contribution in [1.82, 2.24) is 5.32 Å². The molecule has 0 spiro atoms. The first-order chi connectivity index (χ1) is 8.38. The zero-order valence-electron chi connectivity index (χ0n) is 10.1. The molecule has 2 rings (SSSR count). The van der Waals surface area contributed by atoms with Crippen LogP contribution in [-0.2, 0) is 4.74 Å². The number of carboxylic acid groups (broad SMARTS) is 1. The predicted octanol–water partition coefficient (Wildman–Crippen LogP) is 2.53. The quantitative estimate of drug-likeness (QED) is 0.716. The first kappa shape index (κ1) is 13.0. The van der Waals surface area contributed by atoms with E-state index in [1.54, 1.807) is 36.0 Å². The lowest BCUT2D eigenvalue weighted by atomic mass is 10.1. The van der Waals surface area contributed by atoms with Crippen molar-refractivity contribution in [3.63, 3.8) is 0 Å². The highest BCUT2D eigenvalue weighted by Crippen LogP contribution is 2.46. The van der Waals surface area contributed by atoms with Gasteiger partial charge in [0, 0.05) is 0 Å². The average molecular weight is 269 g/mol. The Kier molecular flexibility index (Phi) is 3.41. The van der Waals surface area contributed by atoms with Gasteiger partial charge < -0.3 is 14.9 Å². The molecule has 0 bridgehead atoms. The van der Waals surface area contributed by atoms with Gasteiger partial charge in [-0.25, -0.2) is 4.79 Å². The number of benzene rings is 1. The Hall–Kier alpha value is -1.40. The van der Waals surface area contributed by atoms with Crippen molar-refractivity contribution in [1.29, 1.82) is 0 Å². The van der Waals surface area contributed by atoms with Crippen LogP contribution in [0.2, 0.25) is 0 Å². The second-order valence-corrected chi connectivity index (χ2v) is 6.38. The summed E-state index contributed by atoms with van der Waals surface area (Å²) in [5.41, 5.74) is 0.974. The third-order valence-electron chi connectivity index (χ3n) is 2.77. The molecule has 1 unspecified atom stereocenters. The van der Waals surface area contributed by atoms with Gasteiger partial charge in [0.05, 0.1) is 10.1 Å². The van der Waals surface area contributed by atoms with Crippen LogP contribution in [0.25, 0.3) is 0 Å². The van der Waals surface area contributed by atoms with Crippen LogP contribution in [0.4, 0.5) is 4.79 Å². The lowest BCUT2D eigenvalue weighted by Crippen LogP contribution is -2.40. The monoisotopic (exact) mass is 269 g/mol. The Morgan fingerprint density at radius 2 is 2.00 bits per heavy atom. The van der Waals surface area contributed by atoms with E-state index in [1.807, 2.05) is 13.8 Å². The minimum absolute atomic E-state index is 0.0510. The van der Waals surface area contributed by atoms with Crippen molar-refractivity contribution in [3.05, 3.63) is 29.8 Å². The van der Waals surface area contributed by atoms with Crippen LogP contribution in [0.5, 0.6) is 5.75 Å². The maximum Gasteiger partial charge on any atom is 0.507 e. The molecule has 6 heteroatoms. The predicted molar refractivity (Wildman–Crippen MR) is 68.6 cm³/mol. The van der Waals surface area contributed by atoms with E-state index in [4.69, 9.17) is 9.84 Å². The number of phenols is 1. The first-order valence-corrected chi connectivity index (χ1v) is 6.39. The van der Waals surface area contributed by atoms with Gasteiger partial charge in [-0.3, -0.25) is 5.32 Å². The van der Waals surface area contributed by atoms with E-state index in [0.717, 1.165) is 5.56 Å². The number of hydrogen-bond donors (Lipinski definition) is 3. The highest BCUT2D eigenvalue weighted by Gasteiger charge is 2.44. The van der Waals surface area contributed by atoms with Crippen LogP contribution in [0, 0.1) is 0 Å². The standard InChI is InChI=1S/C12H15NO4S/c1-12(2)10(17-11(15)16)13-9(18-12)7-3-5-8(14)6-4-7/h3-6,9-10,13-14H,1-2H3,(H,15,16)/t9?,10-/m0/s1. The number of ether oxygens (including phenoxy) is 1. The van der Waals surface area contributed by atoms with Gasteiger partial charge in [-0.1, -0.05) is 12.1 Å². The molecule has 1 saturated heterocycles. The largest absolute Gasteiger partial charge is 0.508 e. The lowest BCUT2D eigenvalue weighted by Gasteiger charge is -2.23. The fourth-order valence-corrected chi connectivity index (χ4v) is 3.16. The van der Waals surface area contributed by atoms with E-state index in [2.05, 4.69) is 5.32 Å². The minimum Gasteiger partial charge on any atom is -0.508 e. The number of thioether (sulfide) groups is 1. The number of aromatic hydroxyl groups is 1. The highest BCUT2D eigenvalue weighted by molar-refractivity contribution is 8.01.